The largest absolute Gasteiger partial charge is 0.382 e. The van der Waals surface area contributed by atoms with Crippen molar-refractivity contribution in [2.24, 2.45) is 0 Å². The Balaban J connectivity index is 1.97. The predicted molar refractivity (Wildman–Crippen MR) is 110 cm³/mol. The van der Waals surface area contributed by atoms with Gasteiger partial charge in [0.15, 0.2) is 5.82 Å². The summed E-state index contributed by atoms with van der Waals surface area (Å²) in [6.45, 7) is 5.06. The van der Waals surface area contributed by atoms with E-state index in [9.17, 15) is 9.59 Å². The summed E-state index contributed by atoms with van der Waals surface area (Å²) in [7, 11) is 0. The molecule has 0 saturated carbocycles. The van der Waals surface area contributed by atoms with Crippen molar-refractivity contribution in [1.29, 1.82) is 0 Å². The van der Waals surface area contributed by atoms with Crippen molar-refractivity contribution in [3.05, 3.63) is 36.1 Å². The molecule has 0 radical (unpaired) electrons. The van der Waals surface area contributed by atoms with E-state index < -0.39 is 0 Å². The summed E-state index contributed by atoms with van der Waals surface area (Å²) in [6, 6.07) is 8.80. The quantitative estimate of drug-likeness (QED) is 0.462. The Bertz CT molecular complexity index is 764. The molecule has 1 aromatic carbocycles. The van der Waals surface area contributed by atoms with Crippen molar-refractivity contribution in [2.75, 3.05) is 43.2 Å². The standard InChI is InChI=1S/C19H26N4O4S/c1-4-26-11-5-10-23(13-18(24)21-17-12-14(2)27-22-17)19(25)20-15-6-8-16(28-3)9-7-15/h6-9,12H,4-5,10-11,13H2,1-3H3,(H,20,25)(H,21,22,24). The van der Waals surface area contributed by atoms with E-state index >= 15 is 0 Å². The lowest BCUT2D eigenvalue weighted by Crippen LogP contribution is -2.41. The molecule has 1 aromatic heterocycles. The van der Waals surface area contributed by atoms with E-state index in [0.717, 1.165) is 4.90 Å². The number of aryl methyl sites for hydroxylation is 1. The van der Waals surface area contributed by atoms with Gasteiger partial charge in [-0.1, -0.05) is 5.16 Å². The highest BCUT2D eigenvalue weighted by Gasteiger charge is 2.18. The Labute approximate surface area is 169 Å². The van der Waals surface area contributed by atoms with Crippen molar-refractivity contribution >= 4 is 35.2 Å². The number of ether oxygens (including phenoxy) is 1. The fourth-order valence-corrected chi connectivity index (χ4v) is 2.82. The molecule has 0 saturated heterocycles. The number of rotatable bonds is 10. The number of thioether (sulfide) groups is 1. The van der Waals surface area contributed by atoms with Gasteiger partial charge in [-0.15, -0.1) is 11.8 Å². The van der Waals surface area contributed by atoms with Crippen LogP contribution in [0.3, 0.4) is 0 Å². The van der Waals surface area contributed by atoms with Gasteiger partial charge in [-0.3, -0.25) is 4.79 Å². The van der Waals surface area contributed by atoms with Crippen LogP contribution in [0.15, 0.2) is 39.8 Å². The lowest BCUT2D eigenvalue weighted by atomic mass is 10.3. The van der Waals surface area contributed by atoms with Crippen molar-refractivity contribution < 1.29 is 18.8 Å². The second kappa shape index (κ2) is 11.4. The third-order valence-corrected chi connectivity index (χ3v) is 4.52. The average molecular weight is 407 g/mol. The molecule has 0 spiro atoms. The molecule has 0 aliphatic carbocycles. The number of anilines is 2. The van der Waals surface area contributed by atoms with Crippen LogP contribution in [-0.4, -0.2) is 54.6 Å². The lowest BCUT2D eigenvalue weighted by Gasteiger charge is -2.22. The van der Waals surface area contributed by atoms with Crippen molar-refractivity contribution in [2.45, 2.75) is 25.2 Å². The molecule has 8 nitrogen and oxygen atoms in total. The number of hydrogen-bond acceptors (Lipinski definition) is 6. The van der Waals surface area contributed by atoms with Crippen molar-refractivity contribution in [1.82, 2.24) is 10.1 Å². The Hall–Kier alpha value is -2.52. The molecule has 1 heterocycles. The fraction of sp³-hybridized carbons (Fsp3) is 0.421. The molecule has 0 bridgehead atoms. The molecule has 9 heteroatoms. The third-order valence-electron chi connectivity index (χ3n) is 3.78. The van der Waals surface area contributed by atoms with Crippen LogP contribution in [0.4, 0.5) is 16.3 Å². The molecule has 2 aromatic rings. The summed E-state index contributed by atoms with van der Waals surface area (Å²) in [4.78, 5) is 27.5. The normalized spacial score (nSPS) is 10.5. The molecule has 2 N–H and O–H groups in total. The highest BCUT2D eigenvalue weighted by Crippen LogP contribution is 2.18. The molecule has 0 unspecified atom stereocenters. The Morgan fingerprint density at radius 3 is 2.61 bits per heavy atom. The highest BCUT2D eigenvalue weighted by atomic mass is 32.2. The van der Waals surface area contributed by atoms with Gasteiger partial charge in [-0.05, 0) is 50.8 Å². The van der Waals surface area contributed by atoms with Crippen molar-refractivity contribution in [3.63, 3.8) is 0 Å². The van der Waals surface area contributed by atoms with Crippen LogP contribution in [0.5, 0.6) is 0 Å². The molecule has 152 valence electrons. The van der Waals surface area contributed by atoms with Gasteiger partial charge in [0.2, 0.25) is 5.91 Å². The van der Waals surface area contributed by atoms with E-state index in [4.69, 9.17) is 9.26 Å². The summed E-state index contributed by atoms with van der Waals surface area (Å²) in [5.74, 6) is 0.567. The van der Waals surface area contributed by atoms with E-state index in [1.54, 1.807) is 24.8 Å². The van der Waals surface area contributed by atoms with Crippen LogP contribution in [0, 0.1) is 6.92 Å². The van der Waals surface area contributed by atoms with Gasteiger partial charge in [0.1, 0.15) is 12.3 Å². The number of hydrogen-bond donors (Lipinski definition) is 2. The van der Waals surface area contributed by atoms with Gasteiger partial charge in [0.05, 0.1) is 0 Å². The number of aromatic nitrogens is 1. The molecule has 2 rings (SSSR count). The summed E-state index contributed by atoms with van der Waals surface area (Å²) < 4.78 is 10.3. The highest BCUT2D eigenvalue weighted by molar-refractivity contribution is 7.98. The van der Waals surface area contributed by atoms with E-state index in [2.05, 4.69) is 15.8 Å². The van der Waals surface area contributed by atoms with Gasteiger partial charge in [-0.25, -0.2) is 4.79 Å². The summed E-state index contributed by atoms with van der Waals surface area (Å²) in [5.41, 5.74) is 0.671. The van der Waals surface area contributed by atoms with Gasteiger partial charge in [-0.2, -0.15) is 0 Å². The zero-order valence-corrected chi connectivity index (χ0v) is 17.2. The molecule has 0 atom stereocenters. The Morgan fingerprint density at radius 1 is 1.25 bits per heavy atom. The monoisotopic (exact) mass is 406 g/mol. The molecule has 0 fully saturated rings. The molecular weight excluding hydrogens is 380 g/mol. The predicted octanol–water partition coefficient (Wildman–Crippen LogP) is 3.60. The van der Waals surface area contributed by atoms with Crippen LogP contribution in [0.2, 0.25) is 0 Å². The first-order valence-corrected chi connectivity index (χ1v) is 10.2. The second-order valence-electron chi connectivity index (χ2n) is 6.00. The maximum atomic E-state index is 12.7. The SMILES string of the molecule is CCOCCCN(CC(=O)Nc1cc(C)on1)C(=O)Nc1ccc(SC)cc1. The summed E-state index contributed by atoms with van der Waals surface area (Å²) in [6.07, 6.45) is 2.62. The second-order valence-corrected chi connectivity index (χ2v) is 6.88. The minimum atomic E-state index is -0.349. The fourth-order valence-electron chi connectivity index (χ4n) is 2.41. The minimum Gasteiger partial charge on any atom is -0.382 e. The minimum absolute atomic E-state index is 0.104. The van der Waals surface area contributed by atoms with E-state index in [1.165, 1.54) is 4.90 Å². The van der Waals surface area contributed by atoms with Crippen LogP contribution in [0.25, 0.3) is 0 Å². The number of carbonyl (C=O) groups excluding carboxylic acids is 2. The zero-order valence-electron chi connectivity index (χ0n) is 16.4. The molecule has 0 aliphatic heterocycles. The molecule has 28 heavy (non-hydrogen) atoms. The Kier molecular flexibility index (Phi) is 8.83. The molecule has 3 amide bonds. The topological polar surface area (TPSA) is 96.7 Å². The number of urea groups is 1. The van der Waals surface area contributed by atoms with Crippen LogP contribution >= 0.6 is 11.8 Å². The first-order chi connectivity index (χ1) is 13.5. The first-order valence-electron chi connectivity index (χ1n) is 9.02. The maximum absolute atomic E-state index is 12.7. The smallest absolute Gasteiger partial charge is 0.322 e. The molecule has 0 aliphatic rings. The van der Waals surface area contributed by atoms with Crippen LogP contribution < -0.4 is 10.6 Å². The lowest BCUT2D eigenvalue weighted by molar-refractivity contribution is -0.116. The zero-order chi connectivity index (χ0) is 20.4. The number of carbonyl (C=O) groups is 2. The van der Waals surface area contributed by atoms with Crippen LogP contribution in [-0.2, 0) is 9.53 Å². The summed E-state index contributed by atoms with van der Waals surface area (Å²) in [5, 5.41) is 9.19. The average Bonchev–Trinajstić information content (AvgIpc) is 3.09. The van der Waals surface area contributed by atoms with Crippen LogP contribution in [0.1, 0.15) is 19.1 Å². The van der Waals surface area contributed by atoms with E-state index in [-0.39, 0.29) is 18.5 Å². The van der Waals surface area contributed by atoms with Gasteiger partial charge in [0, 0.05) is 36.4 Å². The van der Waals surface area contributed by atoms with Crippen molar-refractivity contribution in [3.8, 4) is 0 Å². The Morgan fingerprint density at radius 2 is 2.00 bits per heavy atom. The summed E-state index contributed by atoms with van der Waals surface area (Å²) >= 11 is 1.63. The number of amides is 3. The van der Waals surface area contributed by atoms with Gasteiger partial charge >= 0.3 is 6.03 Å². The number of benzene rings is 1. The first kappa shape index (κ1) is 21.8. The third kappa shape index (κ3) is 7.24. The number of nitrogens with one attached hydrogen (secondary N) is 2. The van der Waals surface area contributed by atoms with Gasteiger partial charge in [0.25, 0.3) is 0 Å². The molecular formula is C19H26N4O4S. The van der Waals surface area contributed by atoms with Gasteiger partial charge < -0.3 is 24.8 Å². The van der Waals surface area contributed by atoms with E-state index in [0.29, 0.717) is 43.4 Å². The maximum Gasteiger partial charge on any atom is 0.322 e. The number of nitrogens with zero attached hydrogens (tertiary/aromatic N) is 2. The van der Waals surface area contributed by atoms with E-state index in [1.807, 2.05) is 37.4 Å².